The van der Waals surface area contributed by atoms with Crippen LogP contribution >= 0.6 is 0 Å². The van der Waals surface area contributed by atoms with Crippen LogP contribution in [0.5, 0.6) is 0 Å². The molecule has 70 valence electrons. The average Bonchev–Trinajstić information content (AvgIpc) is 2.18. The molecule has 0 unspecified atom stereocenters. The second-order valence-electron chi connectivity index (χ2n) is 2.93. The Bertz CT molecular complexity index is 422. The van der Waals surface area contributed by atoms with E-state index in [1.165, 1.54) is 6.07 Å². The number of pyridine rings is 1. The predicted octanol–water partition coefficient (Wildman–Crippen LogP) is 1.99. The van der Waals surface area contributed by atoms with Crippen LogP contribution in [-0.2, 0) is 0 Å². The number of hydrogen-bond acceptors (Lipinski definition) is 3. The van der Waals surface area contributed by atoms with Crippen LogP contribution in [0.4, 0.5) is 4.39 Å². The normalized spacial score (nSPS) is 10.1. The first-order chi connectivity index (χ1) is 6.75. The van der Waals surface area contributed by atoms with E-state index in [0.29, 0.717) is 17.0 Å². The Balaban J connectivity index is 2.52. The maximum Gasteiger partial charge on any atom is 0.213 e. The van der Waals surface area contributed by atoms with Crippen LogP contribution in [-0.4, -0.2) is 15.2 Å². The molecule has 0 atom stereocenters. The smallest absolute Gasteiger partial charge is 0.213 e. The summed E-state index contributed by atoms with van der Waals surface area (Å²) in [6.45, 7) is 1.74. The van der Waals surface area contributed by atoms with Crippen molar-refractivity contribution in [2.24, 2.45) is 0 Å². The van der Waals surface area contributed by atoms with Crippen LogP contribution in [0.3, 0.4) is 0 Å². The van der Waals surface area contributed by atoms with Gasteiger partial charge in [0.15, 0.2) is 0 Å². The number of aryl methyl sites for hydroxylation is 1. The molecule has 0 aromatic carbocycles. The summed E-state index contributed by atoms with van der Waals surface area (Å²) in [5.74, 6) is -0.495. The topological polar surface area (TPSA) is 38.7 Å². The van der Waals surface area contributed by atoms with Gasteiger partial charge >= 0.3 is 0 Å². The predicted molar refractivity (Wildman–Crippen MR) is 50.0 cm³/mol. The van der Waals surface area contributed by atoms with E-state index in [2.05, 4.69) is 15.2 Å². The zero-order valence-electron chi connectivity index (χ0n) is 7.61. The summed E-state index contributed by atoms with van der Waals surface area (Å²) in [5, 5.41) is 7.61. The van der Waals surface area contributed by atoms with Crippen molar-refractivity contribution in [2.75, 3.05) is 0 Å². The van der Waals surface area contributed by atoms with Gasteiger partial charge in [-0.2, -0.15) is 14.6 Å². The standard InChI is InChI=1S/C10H8FN3/c1-7-5-8(6-10(11)13-7)9-3-2-4-12-14-9/h2-6H,1H3. The number of hydrogen-bond donors (Lipinski definition) is 0. The van der Waals surface area contributed by atoms with Crippen LogP contribution in [0.15, 0.2) is 30.5 Å². The van der Waals surface area contributed by atoms with Crippen molar-refractivity contribution in [3.63, 3.8) is 0 Å². The molecule has 0 aliphatic rings. The van der Waals surface area contributed by atoms with Crippen molar-refractivity contribution in [1.82, 2.24) is 15.2 Å². The maximum atomic E-state index is 13.0. The molecule has 0 aliphatic heterocycles. The Morgan fingerprint density at radius 3 is 2.79 bits per heavy atom. The first-order valence-electron chi connectivity index (χ1n) is 4.18. The first kappa shape index (κ1) is 8.74. The van der Waals surface area contributed by atoms with Crippen molar-refractivity contribution < 1.29 is 4.39 Å². The minimum atomic E-state index is -0.495. The molecule has 3 nitrogen and oxygen atoms in total. The molecule has 0 saturated heterocycles. The van der Waals surface area contributed by atoms with Crippen LogP contribution in [0.1, 0.15) is 5.69 Å². The number of nitrogens with zero attached hydrogens (tertiary/aromatic N) is 3. The molecule has 0 spiro atoms. The van der Waals surface area contributed by atoms with Gasteiger partial charge in [-0.25, -0.2) is 4.98 Å². The molecule has 0 saturated carbocycles. The molecule has 2 rings (SSSR count). The summed E-state index contributed by atoms with van der Waals surface area (Å²) in [4.78, 5) is 3.64. The largest absolute Gasteiger partial charge is 0.225 e. The van der Waals surface area contributed by atoms with Crippen molar-refractivity contribution in [3.05, 3.63) is 42.1 Å². The van der Waals surface area contributed by atoms with Crippen LogP contribution < -0.4 is 0 Å². The highest BCUT2D eigenvalue weighted by Gasteiger charge is 2.02. The van der Waals surface area contributed by atoms with Gasteiger partial charge < -0.3 is 0 Å². The molecule has 2 aromatic heterocycles. The summed E-state index contributed by atoms with van der Waals surface area (Å²) < 4.78 is 13.0. The van der Waals surface area contributed by atoms with Crippen molar-refractivity contribution in [2.45, 2.75) is 6.92 Å². The zero-order chi connectivity index (χ0) is 9.97. The molecule has 2 heterocycles. The van der Waals surface area contributed by atoms with Crippen molar-refractivity contribution in [3.8, 4) is 11.3 Å². The molecule has 2 aromatic rings. The van der Waals surface area contributed by atoms with Crippen LogP contribution in [0.2, 0.25) is 0 Å². The minimum Gasteiger partial charge on any atom is -0.225 e. The molecule has 0 radical (unpaired) electrons. The summed E-state index contributed by atoms with van der Waals surface area (Å²) in [6.07, 6.45) is 1.58. The van der Waals surface area contributed by atoms with Gasteiger partial charge in [0.1, 0.15) is 0 Å². The second kappa shape index (κ2) is 3.49. The lowest BCUT2D eigenvalue weighted by Crippen LogP contribution is -1.91. The Morgan fingerprint density at radius 2 is 2.14 bits per heavy atom. The Morgan fingerprint density at radius 1 is 1.29 bits per heavy atom. The molecule has 4 heteroatoms. The molecule has 0 amide bonds. The van der Waals surface area contributed by atoms with E-state index < -0.39 is 5.95 Å². The third kappa shape index (κ3) is 1.74. The molecule has 0 aliphatic carbocycles. The fraction of sp³-hybridized carbons (Fsp3) is 0.100. The Labute approximate surface area is 80.6 Å². The van der Waals surface area contributed by atoms with Crippen LogP contribution in [0, 0.1) is 12.9 Å². The molecule has 14 heavy (non-hydrogen) atoms. The van der Waals surface area contributed by atoms with Gasteiger partial charge in [0, 0.05) is 23.5 Å². The lowest BCUT2D eigenvalue weighted by molar-refractivity contribution is 0.580. The monoisotopic (exact) mass is 189 g/mol. The summed E-state index contributed by atoms with van der Waals surface area (Å²) in [5.41, 5.74) is 1.98. The lowest BCUT2D eigenvalue weighted by atomic mass is 10.1. The molecular formula is C10H8FN3. The highest BCUT2D eigenvalue weighted by Crippen LogP contribution is 2.16. The molecule has 0 N–H and O–H groups in total. The van der Waals surface area contributed by atoms with Gasteiger partial charge in [0.25, 0.3) is 0 Å². The minimum absolute atomic E-state index is 0.495. The Kier molecular flexibility index (Phi) is 2.18. The van der Waals surface area contributed by atoms with E-state index in [0.717, 1.165) is 0 Å². The third-order valence-electron chi connectivity index (χ3n) is 1.79. The molecular weight excluding hydrogens is 181 g/mol. The number of aromatic nitrogens is 3. The van der Waals surface area contributed by atoms with Gasteiger partial charge in [0.2, 0.25) is 5.95 Å². The maximum absolute atomic E-state index is 13.0. The first-order valence-corrected chi connectivity index (χ1v) is 4.18. The molecule has 0 fully saturated rings. The SMILES string of the molecule is Cc1cc(-c2cccnn2)cc(F)n1. The summed E-state index contributed by atoms with van der Waals surface area (Å²) in [6, 6.07) is 6.65. The second-order valence-corrected chi connectivity index (χ2v) is 2.93. The lowest BCUT2D eigenvalue weighted by Gasteiger charge is -2.00. The summed E-state index contributed by atoms with van der Waals surface area (Å²) in [7, 11) is 0. The van der Waals surface area contributed by atoms with E-state index in [-0.39, 0.29) is 0 Å². The summed E-state index contributed by atoms with van der Waals surface area (Å²) >= 11 is 0. The quantitative estimate of drug-likeness (QED) is 0.644. The van der Waals surface area contributed by atoms with Gasteiger partial charge in [-0.05, 0) is 25.1 Å². The Hall–Kier alpha value is -1.84. The van der Waals surface area contributed by atoms with E-state index in [9.17, 15) is 4.39 Å². The van der Waals surface area contributed by atoms with Gasteiger partial charge in [-0.15, -0.1) is 0 Å². The zero-order valence-corrected chi connectivity index (χ0v) is 7.61. The fourth-order valence-corrected chi connectivity index (χ4v) is 1.23. The average molecular weight is 189 g/mol. The van der Waals surface area contributed by atoms with E-state index in [4.69, 9.17) is 0 Å². The van der Waals surface area contributed by atoms with Crippen molar-refractivity contribution in [1.29, 1.82) is 0 Å². The number of rotatable bonds is 1. The third-order valence-corrected chi connectivity index (χ3v) is 1.79. The van der Waals surface area contributed by atoms with Crippen LogP contribution in [0.25, 0.3) is 11.3 Å². The van der Waals surface area contributed by atoms with E-state index in [1.807, 2.05) is 0 Å². The number of halogens is 1. The molecule has 0 bridgehead atoms. The van der Waals surface area contributed by atoms with Gasteiger partial charge in [0.05, 0.1) is 5.69 Å². The highest BCUT2D eigenvalue weighted by molar-refractivity contribution is 5.58. The van der Waals surface area contributed by atoms with E-state index in [1.54, 1.807) is 31.3 Å². The highest BCUT2D eigenvalue weighted by atomic mass is 19.1. The van der Waals surface area contributed by atoms with Crippen molar-refractivity contribution >= 4 is 0 Å². The van der Waals surface area contributed by atoms with Gasteiger partial charge in [-0.3, -0.25) is 0 Å². The fourth-order valence-electron chi connectivity index (χ4n) is 1.23. The van der Waals surface area contributed by atoms with E-state index >= 15 is 0 Å². The van der Waals surface area contributed by atoms with Gasteiger partial charge in [-0.1, -0.05) is 0 Å².